The summed E-state index contributed by atoms with van der Waals surface area (Å²) in [5, 5.41) is 2.64. The maximum absolute atomic E-state index is 12.2. The summed E-state index contributed by atoms with van der Waals surface area (Å²) in [5.41, 5.74) is 0. The largest absolute Gasteiger partial charge is 0.468 e. The lowest BCUT2D eigenvalue weighted by atomic mass is 10.1. The Labute approximate surface area is 90.8 Å². The number of ether oxygens (including phenoxy) is 1. The van der Waals surface area contributed by atoms with Crippen LogP contribution in [-0.4, -0.2) is 31.3 Å². The van der Waals surface area contributed by atoms with Crippen LogP contribution >= 0.6 is 12.4 Å². The molecule has 1 saturated carbocycles. The van der Waals surface area contributed by atoms with Gasteiger partial charge in [0.1, 0.15) is 6.04 Å². The number of nitrogens with one attached hydrogen (secondary N) is 1. The molecule has 15 heavy (non-hydrogen) atoms. The molecule has 4 atom stereocenters. The zero-order chi connectivity index (χ0) is 10.5. The molecule has 1 aliphatic carbocycles. The van der Waals surface area contributed by atoms with Crippen LogP contribution in [-0.2, 0) is 9.53 Å². The highest BCUT2D eigenvalue weighted by Crippen LogP contribution is 2.55. The van der Waals surface area contributed by atoms with E-state index < -0.39 is 36.1 Å². The van der Waals surface area contributed by atoms with Gasteiger partial charge in [-0.05, 0) is 12.3 Å². The molecule has 0 spiro atoms. The maximum atomic E-state index is 12.2. The number of rotatable bonds is 1. The standard InChI is InChI=1S/C8H10F3NO2.ClH/c1-14-7(13)4-2-3-5(6(3)12-4)8(9,10)11;/h3-6,12H,2H2,1H3;1H/t3-,4+,5-,6-;/m1./s1. The molecule has 88 valence electrons. The Bertz CT molecular complexity index is 259. The lowest BCUT2D eigenvalue weighted by Gasteiger charge is -2.14. The number of methoxy groups -OCH3 is 1. The predicted octanol–water partition coefficient (Wildman–Crippen LogP) is 1.12. The van der Waals surface area contributed by atoms with E-state index in [0.717, 1.165) is 0 Å². The highest BCUT2D eigenvalue weighted by Gasteiger charge is 2.68. The van der Waals surface area contributed by atoms with E-state index in [-0.39, 0.29) is 18.8 Å². The average Bonchev–Trinajstić information content (AvgIpc) is 2.63. The fourth-order valence-corrected chi connectivity index (χ4v) is 2.22. The van der Waals surface area contributed by atoms with Crippen molar-refractivity contribution in [3.8, 4) is 0 Å². The Balaban J connectivity index is 0.00000112. The van der Waals surface area contributed by atoms with Gasteiger partial charge in [0.25, 0.3) is 0 Å². The van der Waals surface area contributed by atoms with Crippen molar-refractivity contribution in [2.45, 2.75) is 24.7 Å². The van der Waals surface area contributed by atoms with Crippen LogP contribution in [0.1, 0.15) is 6.42 Å². The van der Waals surface area contributed by atoms with Gasteiger partial charge >= 0.3 is 12.1 Å². The Morgan fingerprint density at radius 1 is 1.47 bits per heavy atom. The third kappa shape index (κ3) is 2.06. The number of esters is 1. The second kappa shape index (κ2) is 3.83. The second-order valence-electron chi connectivity index (χ2n) is 3.74. The maximum Gasteiger partial charge on any atom is 0.393 e. The van der Waals surface area contributed by atoms with Crippen LogP contribution in [0, 0.1) is 11.8 Å². The van der Waals surface area contributed by atoms with Gasteiger partial charge in [-0.15, -0.1) is 12.4 Å². The Hall–Kier alpha value is -0.490. The molecule has 2 rings (SSSR count). The van der Waals surface area contributed by atoms with Gasteiger partial charge in [-0.25, -0.2) is 0 Å². The molecule has 0 aromatic carbocycles. The van der Waals surface area contributed by atoms with Gasteiger partial charge in [0.15, 0.2) is 0 Å². The number of halogens is 4. The van der Waals surface area contributed by atoms with E-state index in [1.165, 1.54) is 7.11 Å². The first kappa shape index (κ1) is 12.6. The summed E-state index contributed by atoms with van der Waals surface area (Å²) in [6.07, 6.45) is -3.90. The molecule has 7 heteroatoms. The predicted molar refractivity (Wildman–Crippen MR) is 47.6 cm³/mol. The van der Waals surface area contributed by atoms with Crippen LogP contribution in [0.2, 0.25) is 0 Å². The van der Waals surface area contributed by atoms with Crippen molar-refractivity contribution in [1.29, 1.82) is 0 Å². The Kier molecular flexibility index (Phi) is 3.21. The summed E-state index contributed by atoms with van der Waals surface area (Å²) in [4.78, 5) is 11.0. The van der Waals surface area contributed by atoms with Crippen molar-refractivity contribution in [3.05, 3.63) is 0 Å². The molecular weight excluding hydrogens is 235 g/mol. The van der Waals surface area contributed by atoms with Crippen molar-refractivity contribution in [1.82, 2.24) is 5.32 Å². The van der Waals surface area contributed by atoms with Gasteiger partial charge in [-0.2, -0.15) is 13.2 Å². The topological polar surface area (TPSA) is 38.3 Å². The smallest absolute Gasteiger partial charge is 0.393 e. The molecule has 1 saturated heterocycles. The third-order valence-corrected chi connectivity index (χ3v) is 2.93. The van der Waals surface area contributed by atoms with Gasteiger partial charge < -0.3 is 10.1 Å². The summed E-state index contributed by atoms with van der Waals surface area (Å²) in [6, 6.07) is -1.12. The first-order chi connectivity index (χ1) is 6.45. The van der Waals surface area contributed by atoms with E-state index >= 15 is 0 Å². The summed E-state index contributed by atoms with van der Waals surface area (Å²) in [5.74, 6) is -2.17. The number of hydrogen-bond donors (Lipinski definition) is 1. The van der Waals surface area contributed by atoms with Crippen LogP contribution in [0.15, 0.2) is 0 Å². The van der Waals surface area contributed by atoms with Crippen molar-refractivity contribution < 1.29 is 22.7 Å². The van der Waals surface area contributed by atoms with Crippen molar-refractivity contribution in [2.24, 2.45) is 11.8 Å². The molecule has 1 heterocycles. The first-order valence-corrected chi connectivity index (χ1v) is 4.35. The molecule has 0 aromatic heterocycles. The van der Waals surface area contributed by atoms with Gasteiger partial charge in [0.2, 0.25) is 0 Å². The first-order valence-electron chi connectivity index (χ1n) is 4.35. The summed E-state index contributed by atoms with van der Waals surface area (Å²) in [6.45, 7) is 0. The van der Waals surface area contributed by atoms with Crippen LogP contribution in [0.4, 0.5) is 13.2 Å². The zero-order valence-electron chi connectivity index (χ0n) is 7.88. The minimum atomic E-state index is -4.14. The fraction of sp³-hybridized carbons (Fsp3) is 0.875. The summed E-state index contributed by atoms with van der Waals surface area (Å²) < 4.78 is 41.1. The number of carbonyl (C=O) groups is 1. The third-order valence-electron chi connectivity index (χ3n) is 2.93. The van der Waals surface area contributed by atoms with E-state index in [1.54, 1.807) is 0 Å². The molecule has 0 radical (unpaired) electrons. The number of hydrogen-bond acceptors (Lipinski definition) is 3. The monoisotopic (exact) mass is 245 g/mol. The second-order valence-corrected chi connectivity index (χ2v) is 3.74. The molecule has 3 nitrogen and oxygen atoms in total. The van der Waals surface area contributed by atoms with E-state index in [2.05, 4.69) is 10.1 Å². The van der Waals surface area contributed by atoms with Crippen LogP contribution in [0.5, 0.6) is 0 Å². The molecule has 1 N–H and O–H groups in total. The molecule has 2 aliphatic rings. The lowest BCUT2D eigenvalue weighted by Crippen LogP contribution is -2.38. The van der Waals surface area contributed by atoms with E-state index in [1.807, 2.05) is 0 Å². The van der Waals surface area contributed by atoms with Crippen molar-refractivity contribution in [2.75, 3.05) is 7.11 Å². The number of piperidine rings is 1. The van der Waals surface area contributed by atoms with E-state index in [4.69, 9.17) is 0 Å². The fourth-order valence-electron chi connectivity index (χ4n) is 2.22. The molecule has 1 aliphatic heterocycles. The normalized spacial score (nSPS) is 37.9. The molecule has 0 aromatic rings. The molecule has 0 unspecified atom stereocenters. The van der Waals surface area contributed by atoms with E-state index in [9.17, 15) is 18.0 Å². The summed E-state index contributed by atoms with van der Waals surface area (Å²) in [7, 11) is 1.23. The highest BCUT2D eigenvalue weighted by atomic mass is 35.5. The van der Waals surface area contributed by atoms with Gasteiger partial charge in [-0.3, -0.25) is 4.79 Å². The zero-order valence-corrected chi connectivity index (χ0v) is 8.69. The number of alkyl halides is 3. The van der Waals surface area contributed by atoms with Crippen molar-refractivity contribution >= 4 is 18.4 Å². The van der Waals surface area contributed by atoms with E-state index in [0.29, 0.717) is 0 Å². The molecular formula is C8H11ClF3NO2. The van der Waals surface area contributed by atoms with Gasteiger partial charge in [0.05, 0.1) is 13.0 Å². The highest BCUT2D eigenvalue weighted by molar-refractivity contribution is 5.85. The lowest BCUT2D eigenvalue weighted by molar-refractivity contribution is -0.157. The number of carbonyl (C=O) groups excluding carboxylic acids is 1. The Morgan fingerprint density at radius 2 is 2.07 bits per heavy atom. The minimum Gasteiger partial charge on any atom is -0.468 e. The van der Waals surface area contributed by atoms with Crippen LogP contribution in [0.3, 0.4) is 0 Å². The Morgan fingerprint density at radius 3 is 2.40 bits per heavy atom. The average molecular weight is 246 g/mol. The summed E-state index contributed by atoms with van der Waals surface area (Å²) >= 11 is 0. The minimum absolute atomic E-state index is 0. The molecule has 0 amide bonds. The number of fused-ring (bicyclic) bond motifs is 1. The van der Waals surface area contributed by atoms with Crippen molar-refractivity contribution in [3.63, 3.8) is 0 Å². The van der Waals surface area contributed by atoms with Gasteiger partial charge in [-0.1, -0.05) is 0 Å². The van der Waals surface area contributed by atoms with Crippen LogP contribution in [0.25, 0.3) is 0 Å². The molecule has 0 bridgehead atoms. The van der Waals surface area contributed by atoms with Gasteiger partial charge in [0, 0.05) is 6.04 Å². The SMILES string of the molecule is COC(=O)[C@@H]1C[C@H]2[C@@H](N1)[C@@H]2C(F)(F)F.Cl. The quantitative estimate of drug-likeness (QED) is 0.704. The molecule has 2 fully saturated rings. The van der Waals surface area contributed by atoms with Crippen LogP contribution < -0.4 is 5.32 Å².